The van der Waals surface area contributed by atoms with E-state index in [4.69, 9.17) is 17.3 Å². The molecule has 0 aliphatic carbocycles. The molecule has 2 aliphatic heterocycles. The number of rotatable bonds is 2. The van der Waals surface area contributed by atoms with E-state index in [1.165, 1.54) is 5.69 Å². The average molecular weight is 360 g/mol. The van der Waals surface area contributed by atoms with Crippen LogP contribution < -0.4 is 15.5 Å². The van der Waals surface area contributed by atoms with Crippen molar-refractivity contribution in [3.63, 3.8) is 0 Å². The summed E-state index contributed by atoms with van der Waals surface area (Å²) in [5, 5.41) is 0.764. The second-order valence-corrected chi connectivity index (χ2v) is 7.13. The highest BCUT2D eigenvalue weighted by Crippen LogP contribution is 2.38. The summed E-state index contributed by atoms with van der Waals surface area (Å²) < 4.78 is 8.55. The van der Waals surface area contributed by atoms with Gasteiger partial charge in [-0.3, -0.25) is 0 Å². The summed E-state index contributed by atoms with van der Waals surface area (Å²) >= 11 is 7.14. The number of aromatic nitrogens is 4. The molecular formula is C15H14ClN7S. The Morgan fingerprint density at radius 1 is 1.04 bits per heavy atom. The van der Waals surface area contributed by atoms with Crippen molar-refractivity contribution in [2.75, 3.05) is 28.6 Å². The van der Waals surface area contributed by atoms with Crippen molar-refractivity contribution in [2.24, 2.45) is 0 Å². The summed E-state index contributed by atoms with van der Waals surface area (Å²) in [6.07, 6.45) is 1.10. The Labute approximate surface area is 147 Å². The van der Waals surface area contributed by atoms with E-state index in [1.54, 1.807) is 0 Å². The summed E-state index contributed by atoms with van der Waals surface area (Å²) in [5.41, 5.74) is 8.40. The molecule has 1 aromatic carbocycles. The van der Waals surface area contributed by atoms with Crippen LogP contribution in [-0.4, -0.2) is 43.9 Å². The Balaban J connectivity index is 1.46. The predicted molar refractivity (Wildman–Crippen MR) is 95.8 cm³/mol. The molecule has 122 valence electrons. The summed E-state index contributed by atoms with van der Waals surface area (Å²) in [5.74, 6) is 1.07. The maximum Gasteiger partial charge on any atom is 0.224 e. The van der Waals surface area contributed by atoms with E-state index in [2.05, 4.69) is 40.6 Å². The highest BCUT2D eigenvalue weighted by molar-refractivity contribution is 7.00. The molecule has 4 heterocycles. The zero-order valence-electron chi connectivity index (χ0n) is 12.6. The average Bonchev–Trinajstić information content (AvgIpc) is 3.29. The van der Waals surface area contributed by atoms with Gasteiger partial charge in [-0.05, 0) is 30.7 Å². The van der Waals surface area contributed by atoms with Crippen molar-refractivity contribution in [3.05, 3.63) is 29.3 Å². The van der Waals surface area contributed by atoms with Crippen LogP contribution in [-0.2, 0) is 0 Å². The number of nitrogens with zero attached hydrogens (tertiary/aromatic N) is 6. The number of hydrogen-bond donors (Lipinski definition) is 1. The van der Waals surface area contributed by atoms with Crippen molar-refractivity contribution in [3.8, 4) is 0 Å². The predicted octanol–water partition coefficient (Wildman–Crippen LogP) is 2.18. The fourth-order valence-corrected chi connectivity index (χ4v) is 4.38. The number of nitrogen functional groups attached to an aromatic ring is 1. The quantitative estimate of drug-likeness (QED) is 0.750. The second kappa shape index (κ2) is 5.15. The van der Waals surface area contributed by atoms with Crippen LogP contribution in [0.1, 0.15) is 6.42 Å². The molecule has 0 spiro atoms. The van der Waals surface area contributed by atoms with Crippen LogP contribution in [0.4, 0.5) is 17.5 Å². The van der Waals surface area contributed by atoms with E-state index in [0.717, 1.165) is 47.6 Å². The van der Waals surface area contributed by atoms with E-state index < -0.39 is 0 Å². The number of piperazine rings is 1. The van der Waals surface area contributed by atoms with Crippen LogP contribution in [0.2, 0.25) is 5.02 Å². The van der Waals surface area contributed by atoms with Crippen molar-refractivity contribution in [1.82, 2.24) is 18.7 Å². The number of nitrogens with two attached hydrogens (primary N) is 1. The van der Waals surface area contributed by atoms with Gasteiger partial charge < -0.3 is 15.5 Å². The molecule has 0 saturated carbocycles. The van der Waals surface area contributed by atoms with Gasteiger partial charge in [0.05, 0.1) is 17.8 Å². The normalized spacial score (nSPS) is 22.7. The van der Waals surface area contributed by atoms with Gasteiger partial charge in [-0.25, -0.2) is 0 Å². The molecule has 2 bridgehead atoms. The van der Waals surface area contributed by atoms with Gasteiger partial charge >= 0.3 is 0 Å². The molecule has 2 aromatic heterocycles. The third-order valence-corrected chi connectivity index (χ3v) is 5.57. The second-order valence-electron chi connectivity index (χ2n) is 6.17. The maximum atomic E-state index is 6.00. The Bertz CT molecular complexity index is 912. The zero-order chi connectivity index (χ0) is 16.3. The lowest BCUT2D eigenvalue weighted by Crippen LogP contribution is -2.47. The molecule has 2 N–H and O–H groups in total. The molecule has 2 atom stereocenters. The first kappa shape index (κ1) is 14.2. The van der Waals surface area contributed by atoms with E-state index in [0.29, 0.717) is 17.7 Å². The lowest BCUT2D eigenvalue weighted by Gasteiger charge is -2.36. The molecule has 24 heavy (non-hydrogen) atoms. The molecular weight excluding hydrogens is 346 g/mol. The Morgan fingerprint density at radius 3 is 2.54 bits per heavy atom. The summed E-state index contributed by atoms with van der Waals surface area (Å²) in [6, 6.07) is 8.89. The van der Waals surface area contributed by atoms with E-state index >= 15 is 0 Å². The van der Waals surface area contributed by atoms with Crippen molar-refractivity contribution < 1.29 is 0 Å². The van der Waals surface area contributed by atoms with Crippen molar-refractivity contribution in [1.29, 1.82) is 0 Å². The highest BCUT2D eigenvalue weighted by Gasteiger charge is 2.44. The van der Waals surface area contributed by atoms with Gasteiger partial charge in [0, 0.05) is 29.8 Å². The number of fused-ring (bicyclic) bond motifs is 3. The van der Waals surface area contributed by atoms with Crippen molar-refractivity contribution >= 4 is 51.9 Å². The van der Waals surface area contributed by atoms with Gasteiger partial charge in [0.15, 0.2) is 11.3 Å². The monoisotopic (exact) mass is 359 g/mol. The molecule has 0 amide bonds. The third kappa shape index (κ3) is 2.10. The molecule has 7 nitrogen and oxygen atoms in total. The largest absolute Gasteiger partial charge is 0.368 e. The van der Waals surface area contributed by atoms with Gasteiger partial charge in [0.1, 0.15) is 0 Å². The Morgan fingerprint density at radius 2 is 1.79 bits per heavy atom. The SMILES string of the molecule is Nc1nc(N2C[C@@H]3C[C@@H]2CN3c2ccc(Cl)cc2)c2nsnc2n1. The first-order chi connectivity index (χ1) is 11.7. The van der Waals surface area contributed by atoms with Crippen LogP contribution >= 0.6 is 23.3 Å². The minimum atomic E-state index is 0.252. The van der Waals surface area contributed by atoms with E-state index in [1.807, 2.05) is 12.1 Å². The van der Waals surface area contributed by atoms with Gasteiger partial charge in [0.25, 0.3) is 0 Å². The van der Waals surface area contributed by atoms with Crippen LogP contribution in [0.3, 0.4) is 0 Å². The zero-order valence-corrected chi connectivity index (χ0v) is 14.2. The minimum Gasteiger partial charge on any atom is -0.368 e. The fraction of sp³-hybridized carbons (Fsp3) is 0.333. The smallest absolute Gasteiger partial charge is 0.224 e. The van der Waals surface area contributed by atoms with Gasteiger partial charge in [-0.1, -0.05) is 11.6 Å². The molecule has 9 heteroatoms. The number of benzene rings is 1. The van der Waals surface area contributed by atoms with Gasteiger partial charge in [0.2, 0.25) is 11.6 Å². The molecule has 0 radical (unpaired) electrons. The maximum absolute atomic E-state index is 6.00. The van der Waals surface area contributed by atoms with Crippen LogP contribution in [0.5, 0.6) is 0 Å². The van der Waals surface area contributed by atoms with Gasteiger partial charge in [-0.2, -0.15) is 18.7 Å². The molecule has 2 saturated heterocycles. The van der Waals surface area contributed by atoms with Crippen LogP contribution in [0.15, 0.2) is 24.3 Å². The van der Waals surface area contributed by atoms with E-state index in [-0.39, 0.29) is 5.95 Å². The lowest BCUT2D eigenvalue weighted by molar-refractivity contribution is 0.642. The van der Waals surface area contributed by atoms with Crippen LogP contribution in [0.25, 0.3) is 11.2 Å². The van der Waals surface area contributed by atoms with Crippen molar-refractivity contribution in [2.45, 2.75) is 18.5 Å². The highest BCUT2D eigenvalue weighted by atomic mass is 35.5. The van der Waals surface area contributed by atoms with E-state index in [9.17, 15) is 0 Å². The topological polar surface area (TPSA) is 84.1 Å². The number of halogens is 1. The third-order valence-electron chi connectivity index (χ3n) is 4.79. The Hall–Kier alpha value is -2.19. The summed E-state index contributed by atoms with van der Waals surface area (Å²) in [7, 11) is 0. The molecule has 3 aromatic rings. The minimum absolute atomic E-state index is 0.252. The fourth-order valence-electron chi connectivity index (χ4n) is 3.77. The number of hydrogen-bond acceptors (Lipinski definition) is 8. The summed E-state index contributed by atoms with van der Waals surface area (Å²) in [4.78, 5) is 13.3. The Kier molecular flexibility index (Phi) is 3.04. The first-order valence-corrected chi connectivity index (χ1v) is 8.84. The number of anilines is 3. The van der Waals surface area contributed by atoms with Gasteiger partial charge in [-0.15, -0.1) is 0 Å². The molecule has 0 unspecified atom stereocenters. The summed E-state index contributed by atoms with van der Waals surface area (Å²) in [6.45, 7) is 1.85. The van der Waals surface area contributed by atoms with Crippen LogP contribution in [0, 0.1) is 0 Å². The molecule has 5 rings (SSSR count). The molecule has 2 fully saturated rings. The first-order valence-electron chi connectivity index (χ1n) is 7.73. The lowest BCUT2D eigenvalue weighted by atomic mass is 10.2. The standard InChI is InChI=1S/C15H14ClN7S/c16-8-1-3-9(4-2-8)22-6-11-5-10(22)7-23(11)14-12-13(21-24-20-12)18-15(17)19-14/h1-4,10-11H,5-7H2,(H2,17,18,21)/t10-,11+/m0/s1. The molecule has 2 aliphatic rings.